The molecule has 0 radical (unpaired) electrons. The van der Waals surface area contributed by atoms with Crippen LogP contribution in [0.5, 0.6) is 0 Å². The van der Waals surface area contributed by atoms with Crippen LogP contribution in [0.1, 0.15) is 98.2 Å². The van der Waals surface area contributed by atoms with E-state index in [4.69, 9.17) is 118 Å². The predicted molar refractivity (Wildman–Crippen MR) is 455 cm³/mol. The Morgan fingerprint density at radius 2 is 0.852 bits per heavy atom. The SMILES string of the molecule is CN1Cc2c(Cl)cc(Cl)cc2C(c2cccc(CNCCOCCOCCOCCN)c2)C1.CN1Cc2c(Cl)cc(Cl)cc2C(c2cccc(S(=O)(=O)CCCOCCOCCOCCCC(=O)Cc3ccc(NC(=O)NCCOCCOCCOCCNS(=O)(=O)c4cccc(C5CN(C)Cc6c(Cl)cc(Cl)cc65)c4)cc3)c2)C1. The number of nitrogens with one attached hydrogen (secondary N) is 4. The van der Waals surface area contributed by atoms with Gasteiger partial charge in [0.05, 0.1) is 121 Å². The second-order valence-electron chi connectivity index (χ2n) is 28.4. The first-order chi connectivity index (χ1) is 55.5. The number of hydrogen-bond donors (Lipinski definition) is 5. The maximum atomic E-state index is 13.3. The van der Waals surface area contributed by atoms with Crippen LogP contribution in [-0.2, 0) is 99.9 Å². The number of rotatable bonds is 48. The number of amides is 2. The monoisotopic (exact) mass is 1740 g/mol. The van der Waals surface area contributed by atoms with Crippen molar-refractivity contribution in [3.8, 4) is 0 Å². The highest BCUT2D eigenvalue weighted by Crippen LogP contribution is 2.42. The van der Waals surface area contributed by atoms with Gasteiger partial charge in [-0.3, -0.25) is 4.79 Å². The summed E-state index contributed by atoms with van der Waals surface area (Å²) in [7, 11) is -1.17. The molecule has 6 N–H and O–H groups in total. The number of nitrogens with zero attached hydrogens (tertiary/aromatic N) is 3. The van der Waals surface area contributed by atoms with Crippen molar-refractivity contribution in [2.24, 2.45) is 5.73 Å². The van der Waals surface area contributed by atoms with Gasteiger partial charge < -0.3 is 79.0 Å². The molecular weight excluding hydrogens is 1640 g/mol. The van der Waals surface area contributed by atoms with Gasteiger partial charge in [-0.1, -0.05) is 130 Å². The third-order valence-electron chi connectivity index (χ3n) is 19.4. The van der Waals surface area contributed by atoms with Crippen LogP contribution >= 0.6 is 69.6 Å². The Morgan fingerprint density at radius 1 is 0.443 bits per heavy atom. The van der Waals surface area contributed by atoms with E-state index in [-0.39, 0.29) is 91.0 Å². The Morgan fingerprint density at radius 3 is 1.34 bits per heavy atom. The van der Waals surface area contributed by atoms with Crippen LogP contribution in [0.15, 0.2) is 143 Å². The second kappa shape index (κ2) is 49.3. The van der Waals surface area contributed by atoms with Crippen LogP contribution in [0.4, 0.5) is 10.5 Å². The first kappa shape index (κ1) is 93.4. The first-order valence-electron chi connectivity index (χ1n) is 38.8. The number of halogens is 6. The van der Waals surface area contributed by atoms with Gasteiger partial charge in [0.25, 0.3) is 0 Å². The minimum absolute atomic E-state index is 0.0402. The van der Waals surface area contributed by atoms with E-state index in [0.29, 0.717) is 175 Å². The number of likely N-dealkylation sites (N-methyl/N-ethyl adjacent to an activating group) is 3. The normalized spacial score (nSPS) is 15.9. The lowest BCUT2D eigenvalue weighted by molar-refractivity contribution is -0.118. The Balaban J connectivity index is 0.000000380. The number of sulfonamides is 1. The fraction of sp³-hybridized carbons (Fsp3) is 0.476. The maximum Gasteiger partial charge on any atom is 0.319 e. The van der Waals surface area contributed by atoms with E-state index in [0.717, 1.165) is 70.1 Å². The van der Waals surface area contributed by atoms with E-state index < -0.39 is 19.9 Å². The molecule has 0 aliphatic carbocycles. The minimum atomic E-state index is -3.79. The van der Waals surface area contributed by atoms with Crippen molar-refractivity contribution in [3.05, 3.63) is 225 Å². The molecule has 628 valence electrons. The van der Waals surface area contributed by atoms with Gasteiger partial charge in [0.2, 0.25) is 10.0 Å². The van der Waals surface area contributed by atoms with Gasteiger partial charge in [0.1, 0.15) is 5.78 Å². The molecule has 31 heteroatoms. The van der Waals surface area contributed by atoms with Crippen molar-refractivity contribution in [3.63, 3.8) is 0 Å². The molecule has 2 amide bonds. The van der Waals surface area contributed by atoms with E-state index in [9.17, 15) is 26.4 Å². The number of nitrogens with two attached hydrogens (primary N) is 1. The molecule has 7 aromatic carbocycles. The molecule has 3 heterocycles. The van der Waals surface area contributed by atoms with Crippen LogP contribution in [0, 0.1) is 0 Å². The van der Waals surface area contributed by atoms with E-state index >= 15 is 0 Å². The number of anilines is 1. The molecule has 3 unspecified atom stereocenters. The summed E-state index contributed by atoms with van der Waals surface area (Å²) in [6.45, 7) is 14.3. The average molecular weight is 1750 g/mol. The lowest BCUT2D eigenvalue weighted by atomic mass is 9.84. The summed E-state index contributed by atoms with van der Waals surface area (Å²) < 4.78 is 105. The third kappa shape index (κ3) is 31.2. The highest BCUT2D eigenvalue weighted by atomic mass is 35.5. The molecule has 0 fully saturated rings. The summed E-state index contributed by atoms with van der Waals surface area (Å²) in [6.07, 6.45) is 1.56. The molecule has 23 nitrogen and oxygen atoms in total. The zero-order valence-electron chi connectivity index (χ0n) is 65.6. The van der Waals surface area contributed by atoms with Gasteiger partial charge in [-0.15, -0.1) is 0 Å². The highest BCUT2D eigenvalue weighted by molar-refractivity contribution is 7.91. The van der Waals surface area contributed by atoms with Crippen molar-refractivity contribution >= 4 is 107 Å². The first-order valence-corrected chi connectivity index (χ1v) is 44.2. The van der Waals surface area contributed by atoms with Crippen LogP contribution in [0.2, 0.25) is 30.1 Å². The molecule has 0 saturated carbocycles. The Kier molecular flexibility index (Phi) is 40.0. The summed E-state index contributed by atoms with van der Waals surface area (Å²) in [5.41, 5.74) is 17.5. The lowest BCUT2D eigenvalue weighted by Crippen LogP contribution is -2.31. The Bertz CT molecular complexity index is 4240. The average Bonchev–Trinajstić information content (AvgIpc) is 0.787. The van der Waals surface area contributed by atoms with Gasteiger partial charge in [-0.2, -0.15) is 0 Å². The smallest absolute Gasteiger partial charge is 0.319 e. The molecule has 3 atom stereocenters. The molecule has 0 bridgehead atoms. The van der Waals surface area contributed by atoms with Crippen molar-refractivity contribution in [1.82, 2.24) is 30.1 Å². The van der Waals surface area contributed by atoms with Crippen molar-refractivity contribution in [2.75, 3.05) is 197 Å². The van der Waals surface area contributed by atoms with Gasteiger partial charge in [0.15, 0.2) is 9.84 Å². The van der Waals surface area contributed by atoms with Crippen LogP contribution in [0.25, 0.3) is 0 Å². The molecule has 3 aliphatic heterocycles. The summed E-state index contributed by atoms with van der Waals surface area (Å²) in [4.78, 5) is 32.1. The fourth-order valence-electron chi connectivity index (χ4n) is 13.8. The van der Waals surface area contributed by atoms with E-state index in [1.54, 1.807) is 72.8 Å². The number of ether oxygens (including phenoxy) is 9. The van der Waals surface area contributed by atoms with Crippen molar-refractivity contribution in [1.29, 1.82) is 0 Å². The number of fused-ring (bicyclic) bond motifs is 3. The Labute approximate surface area is 707 Å². The van der Waals surface area contributed by atoms with Crippen LogP contribution < -0.4 is 26.4 Å². The number of ketones is 1. The molecule has 0 saturated heterocycles. The van der Waals surface area contributed by atoms with E-state index in [1.165, 1.54) is 22.3 Å². The minimum Gasteiger partial charge on any atom is -0.379 e. The number of hydrogen-bond acceptors (Lipinski definition) is 20. The summed E-state index contributed by atoms with van der Waals surface area (Å²) in [5.74, 6) is 0.136. The van der Waals surface area contributed by atoms with Gasteiger partial charge in [-0.25, -0.2) is 26.4 Å². The third-order valence-corrected chi connectivity index (χ3v) is 24.3. The number of urea groups is 1. The van der Waals surface area contributed by atoms with Gasteiger partial charge in [0, 0.05) is 152 Å². The number of carbonyl (C=O) groups excluding carboxylic acids is 2. The topological polar surface area (TPSA) is 269 Å². The number of Topliss-reactive ketones (excluding diaryl/α,β-unsaturated/α-hetero) is 1. The Hall–Kier alpha value is -5.48. The quantitative estimate of drug-likeness (QED) is 0.0222. The highest BCUT2D eigenvalue weighted by Gasteiger charge is 2.32. The number of carbonyl (C=O) groups is 2. The lowest BCUT2D eigenvalue weighted by Gasteiger charge is -2.33. The molecule has 115 heavy (non-hydrogen) atoms. The second-order valence-corrected chi connectivity index (χ2v) is 34.9. The molecule has 0 aromatic heterocycles. The van der Waals surface area contributed by atoms with Crippen LogP contribution in [0.3, 0.4) is 0 Å². The zero-order chi connectivity index (χ0) is 82.0. The van der Waals surface area contributed by atoms with Crippen LogP contribution in [-0.4, -0.2) is 235 Å². The summed E-state index contributed by atoms with van der Waals surface area (Å²) in [5, 5.41) is 12.7. The number of benzene rings is 7. The molecule has 0 spiro atoms. The maximum absolute atomic E-state index is 13.3. The van der Waals surface area contributed by atoms with Gasteiger partial charge in [-0.05, 0) is 168 Å². The predicted octanol–water partition coefficient (Wildman–Crippen LogP) is 13.1. The molecule has 7 aromatic rings. The van der Waals surface area contributed by atoms with E-state index in [1.807, 2.05) is 44.4 Å². The molecule has 3 aliphatic rings. The molecular formula is C84H108Cl6N8O15S2. The zero-order valence-corrected chi connectivity index (χ0v) is 71.8. The molecule has 10 rings (SSSR count). The van der Waals surface area contributed by atoms with Crippen molar-refractivity contribution < 1.29 is 69.1 Å². The fourth-order valence-corrected chi connectivity index (χ4v) is 17.9. The summed E-state index contributed by atoms with van der Waals surface area (Å²) >= 11 is 38.6. The standard InChI is InChI=1S/C59H73Cl4N5O12S2.C25H35Cl2N3O3/c1-67-38-53(51-34-45(60)36-57(62)55(51)40-67)43-7-3-10-49(32-43)81(71,72)30-6-19-76-23-27-79-26-22-75-18-5-9-48(69)31-42-12-14-47(15-13-42)66-59(70)64-16-20-77-24-28-80-29-25-78-21-17-65-82(73,74)50-11-4-8-44(33-50)54-39-68(2)41-56-52(54)35-46(61)37-58(56)63;1-30-17-23(22-14-21(26)15-25(27)24(22)18-30)20-4-2-3-19(13-20)16-29-6-8-32-10-12-33-11-9-31-7-5-28/h3-4,7-8,10-15,32-37,53-54,65H,5-6,9,16-31,38-41H2,1-2H3,(H2,64,66,70);2-4,13-15,23,29H,5-12,16-18,28H2,1H3. The van der Waals surface area contributed by atoms with E-state index in [2.05, 4.69) is 72.8 Å². The van der Waals surface area contributed by atoms with Crippen molar-refractivity contribution in [2.45, 2.75) is 79.4 Å². The largest absolute Gasteiger partial charge is 0.379 e. The summed E-state index contributed by atoms with van der Waals surface area (Å²) in [6, 6.07) is 40.7. The number of sulfone groups is 1. The van der Waals surface area contributed by atoms with Gasteiger partial charge >= 0.3 is 6.03 Å².